The first kappa shape index (κ1) is 30.0. The number of urea groups is 1. The third-order valence-electron chi connectivity index (χ3n) is 6.72. The van der Waals surface area contributed by atoms with Crippen LogP contribution in [0.3, 0.4) is 0 Å². The number of carbonyl (C=O) groups excluding carboxylic acids is 3. The number of hydrogen-bond donors (Lipinski definition) is 2. The fourth-order valence-corrected chi connectivity index (χ4v) is 4.64. The predicted molar refractivity (Wildman–Crippen MR) is 148 cm³/mol. The van der Waals surface area contributed by atoms with Gasteiger partial charge in [-0.05, 0) is 56.4 Å². The molecule has 1 aromatic heterocycles. The van der Waals surface area contributed by atoms with Gasteiger partial charge in [-0.15, -0.1) is 0 Å². The lowest BCUT2D eigenvalue weighted by Gasteiger charge is -2.35. The number of nitrogens with one attached hydrogen (secondary N) is 1. The maximum Gasteiger partial charge on any atom is 0.418 e. The highest BCUT2D eigenvalue weighted by molar-refractivity contribution is 5.92. The van der Waals surface area contributed by atoms with Crippen LogP contribution in [0.15, 0.2) is 47.4 Å². The molecule has 2 aromatic rings. The van der Waals surface area contributed by atoms with E-state index in [1.54, 1.807) is 56.8 Å². The van der Waals surface area contributed by atoms with Gasteiger partial charge >= 0.3 is 12.1 Å². The molecule has 0 spiro atoms. The van der Waals surface area contributed by atoms with Gasteiger partial charge in [0.1, 0.15) is 17.9 Å². The van der Waals surface area contributed by atoms with E-state index in [4.69, 9.17) is 15.2 Å². The monoisotopic (exact) mass is 540 g/mol. The normalized spacial score (nSPS) is 15.7. The number of benzene rings is 1. The van der Waals surface area contributed by atoms with Crippen molar-refractivity contribution in [3.63, 3.8) is 0 Å². The molecule has 1 saturated carbocycles. The third kappa shape index (κ3) is 8.24. The second-order valence-corrected chi connectivity index (χ2v) is 10.8. The van der Waals surface area contributed by atoms with E-state index in [9.17, 15) is 19.2 Å². The molecule has 0 aliphatic heterocycles. The number of rotatable bonds is 9. The highest BCUT2D eigenvalue weighted by Crippen LogP contribution is 2.26. The lowest BCUT2D eigenvalue weighted by molar-refractivity contribution is -0.109. The molecule has 2 atom stereocenters. The minimum Gasteiger partial charge on any atom is -0.443 e. The Morgan fingerprint density at radius 2 is 1.74 bits per heavy atom. The van der Waals surface area contributed by atoms with Crippen LogP contribution in [0.1, 0.15) is 64.5 Å². The Balaban J connectivity index is 1.76. The number of methoxy groups -OCH3 is 1. The molecule has 3 N–H and O–H groups in total. The Bertz CT molecular complexity index is 1180. The summed E-state index contributed by atoms with van der Waals surface area (Å²) < 4.78 is 12.2. The molecule has 2 unspecified atom stereocenters. The molecule has 212 valence electrons. The fourth-order valence-electron chi connectivity index (χ4n) is 4.64. The first-order valence-electron chi connectivity index (χ1n) is 13.4. The van der Waals surface area contributed by atoms with Crippen LogP contribution in [0.4, 0.5) is 9.59 Å². The zero-order valence-corrected chi connectivity index (χ0v) is 23.2. The van der Waals surface area contributed by atoms with E-state index < -0.39 is 29.8 Å². The molecule has 3 rings (SSSR count). The molecule has 3 amide bonds. The standard InChI is InChI=1S/C29H40N4O6/c1-29(2,3)39-28(37)33(23-8-6-5-7-9-23)27(36)31-24(19-34)26(30)21-12-10-20(11-13-21)22-14-15-25(35)32(18-22)16-17-38-4/h10-15,18-19,23-24,26H,5-9,16-17,30H2,1-4H3,(H,31,36). The third-order valence-corrected chi connectivity index (χ3v) is 6.72. The smallest absolute Gasteiger partial charge is 0.418 e. The molecule has 1 aliphatic rings. The van der Waals surface area contributed by atoms with Gasteiger partial charge in [0.05, 0.1) is 12.6 Å². The van der Waals surface area contributed by atoms with E-state index in [-0.39, 0.29) is 11.6 Å². The average Bonchev–Trinajstić information content (AvgIpc) is 2.90. The van der Waals surface area contributed by atoms with Gasteiger partial charge in [0.25, 0.3) is 5.56 Å². The van der Waals surface area contributed by atoms with Crippen molar-refractivity contribution in [2.75, 3.05) is 13.7 Å². The number of aromatic nitrogens is 1. The van der Waals surface area contributed by atoms with Crippen LogP contribution in [-0.4, -0.2) is 59.3 Å². The van der Waals surface area contributed by atoms with Crippen molar-refractivity contribution in [1.82, 2.24) is 14.8 Å². The van der Waals surface area contributed by atoms with Crippen LogP contribution in [0.2, 0.25) is 0 Å². The summed E-state index contributed by atoms with van der Waals surface area (Å²) in [5.74, 6) is 0. The summed E-state index contributed by atoms with van der Waals surface area (Å²) in [6.07, 6.45) is 5.84. The predicted octanol–water partition coefficient (Wildman–Crippen LogP) is 4.01. The molecule has 10 heteroatoms. The van der Waals surface area contributed by atoms with Crippen LogP contribution in [-0.2, 0) is 20.8 Å². The van der Waals surface area contributed by atoms with Crippen molar-refractivity contribution in [3.8, 4) is 11.1 Å². The topological polar surface area (TPSA) is 133 Å². The van der Waals surface area contributed by atoms with Gasteiger partial charge in [-0.2, -0.15) is 0 Å². The van der Waals surface area contributed by atoms with E-state index in [1.807, 2.05) is 12.1 Å². The molecule has 0 saturated heterocycles. The molecular weight excluding hydrogens is 500 g/mol. The number of amides is 3. The number of aldehydes is 1. The van der Waals surface area contributed by atoms with Crippen molar-refractivity contribution in [2.24, 2.45) is 5.73 Å². The van der Waals surface area contributed by atoms with Gasteiger partial charge in [-0.3, -0.25) is 4.79 Å². The zero-order valence-electron chi connectivity index (χ0n) is 23.2. The summed E-state index contributed by atoms with van der Waals surface area (Å²) in [5, 5.41) is 2.65. The van der Waals surface area contributed by atoms with Crippen molar-refractivity contribution in [1.29, 1.82) is 0 Å². The minimum absolute atomic E-state index is 0.118. The highest BCUT2D eigenvalue weighted by atomic mass is 16.6. The van der Waals surface area contributed by atoms with Crippen molar-refractivity contribution in [2.45, 2.75) is 83.1 Å². The van der Waals surface area contributed by atoms with Gasteiger partial charge in [0, 0.05) is 32.0 Å². The maximum absolute atomic E-state index is 13.3. The molecule has 0 bridgehead atoms. The Morgan fingerprint density at radius 3 is 2.33 bits per heavy atom. The van der Waals surface area contributed by atoms with Gasteiger partial charge in [-0.25, -0.2) is 14.5 Å². The molecular formula is C29H40N4O6. The summed E-state index contributed by atoms with van der Waals surface area (Å²) in [7, 11) is 1.58. The SMILES string of the molecule is COCCn1cc(-c2ccc(C(N)C(C=O)NC(=O)N(C(=O)OC(C)(C)C)C3CCCCC3)cc2)ccc1=O. The van der Waals surface area contributed by atoms with E-state index in [1.165, 1.54) is 6.07 Å². The van der Waals surface area contributed by atoms with Crippen molar-refractivity contribution < 1.29 is 23.9 Å². The number of hydrogen-bond acceptors (Lipinski definition) is 7. The van der Waals surface area contributed by atoms with Crippen LogP contribution >= 0.6 is 0 Å². The number of nitrogens with zero attached hydrogens (tertiary/aromatic N) is 2. The van der Waals surface area contributed by atoms with Crippen LogP contribution in [0.5, 0.6) is 0 Å². The number of nitrogens with two attached hydrogens (primary N) is 1. The molecule has 0 radical (unpaired) electrons. The van der Waals surface area contributed by atoms with Crippen LogP contribution < -0.4 is 16.6 Å². The van der Waals surface area contributed by atoms with E-state index in [0.717, 1.165) is 35.3 Å². The van der Waals surface area contributed by atoms with Gasteiger partial charge in [0.2, 0.25) is 0 Å². The van der Waals surface area contributed by atoms with Crippen LogP contribution in [0, 0.1) is 0 Å². The number of carbonyl (C=O) groups is 3. The summed E-state index contributed by atoms with van der Waals surface area (Å²) in [4.78, 5) is 51.5. The summed E-state index contributed by atoms with van der Waals surface area (Å²) in [5.41, 5.74) is 7.84. The first-order valence-corrected chi connectivity index (χ1v) is 13.4. The quantitative estimate of drug-likeness (QED) is 0.459. The second-order valence-electron chi connectivity index (χ2n) is 10.8. The van der Waals surface area contributed by atoms with E-state index >= 15 is 0 Å². The number of pyridine rings is 1. The maximum atomic E-state index is 13.3. The van der Waals surface area contributed by atoms with Gasteiger partial charge in [0.15, 0.2) is 0 Å². The first-order chi connectivity index (χ1) is 18.5. The number of ether oxygens (including phenoxy) is 2. The van der Waals surface area contributed by atoms with Gasteiger partial charge < -0.3 is 29.9 Å². The molecule has 1 aromatic carbocycles. The minimum atomic E-state index is -1.06. The summed E-state index contributed by atoms with van der Waals surface area (Å²) >= 11 is 0. The number of imide groups is 1. The molecule has 1 fully saturated rings. The Morgan fingerprint density at radius 1 is 1.10 bits per heavy atom. The van der Waals surface area contributed by atoms with Crippen LogP contribution in [0.25, 0.3) is 11.1 Å². The highest BCUT2D eigenvalue weighted by Gasteiger charge is 2.36. The Hall–Kier alpha value is -3.50. The van der Waals surface area contributed by atoms with Crippen molar-refractivity contribution >= 4 is 18.4 Å². The van der Waals surface area contributed by atoms with E-state index in [0.29, 0.717) is 37.8 Å². The molecule has 10 nitrogen and oxygen atoms in total. The Labute approximate surface area is 229 Å². The summed E-state index contributed by atoms with van der Waals surface area (Å²) in [6, 6.07) is 7.58. The largest absolute Gasteiger partial charge is 0.443 e. The molecule has 1 aliphatic carbocycles. The van der Waals surface area contributed by atoms with Crippen molar-refractivity contribution in [3.05, 3.63) is 58.5 Å². The lowest BCUT2D eigenvalue weighted by Crippen LogP contribution is -2.55. The molecule has 1 heterocycles. The summed E-state index contributed by atoms with van der Waals surface area (Å²) in [6.45, 7) is 6.08. The lowest BCUT2D eigenvalue weighted by atomic mass is 9.94. The second kappa shape index (κ2) is 13.5. The fraction of sp³-hybridized carbons (Fsp3) is 0.517. The van der Waals surface area contributed by atoms with E-state index in [2.05, 4.69) is 5.32 Å². The molecule has 39 heavy (non-hydrogen) atoms. The van der Waals surface area contributed by atoms with Gasteiger partial charge in [-0.1, -0.05) is 43.5 Å². The Kier molecular flexibility index (Phi) is 10.4. The average molecular weight is 541 g/mol. The zero-order chi connectivity index (χ0) is 28.6.